The molecule has 0 bridgehead atoms. The van der Waals surface area contributed by atoms with E-state index >= 15 is 0 Å². The molecule has 0 saturated heterocycles. The number of hydrogen-bond donors (Lipinski definition) is 3. The first kappa shape index (κ1) is 15.6. The highest BCUT2D eigenvalue weighted by molar-refractivity contribution is 5.94. The Labute approximate surface area is 115 Å². The van der Waals surface area contributed by atoms with Gasteiger partial charge in [0.25, 0.3) is 0 Å². The molecule has 0 unspecified atom stereocenters. The van der Waals surface area contributed by atoms with Crippen LogP contribution in [0.3, 0.4) is 0 Å². The molecule has 0 spiro atoms. The van der Waals surface area contributed by atoms with Crippen LogP contribution in [-0.4, -0.2) is 44.6 Å². The molecule has 9 heteroatoms. The van der Waals surface area contributed by atoms with E-state index in [0.29, 0.717) is 12.2 Å². The summed E-state index contributed by atoms with van der Waals surface area (Å²) in [5.74, 6) is -1.97. The molecule has 0 atom stereocenters. The average molecular weight is 283 g/mol. The molecule has 0 radical (unpaired) electrons. The lowest BCUT2D eigenvalue weighted by molar-refractivity contribution is -0.120. The largest absolute Gasteiger partial charge is 0.476 e. The second kappa shape index (κ2) is 6.64. The van der Waals surface area contributed by atoms with Crippen molar-refractivity contribution >= 4 is 17.9 Å². The number of carbonyl (C=O) groups is 3. The summed E-state index contributed by atoms with van der Waals surface area (Å²) in [5, 5.41) is 20.7. The molecular formula is C11H17N5O4. The van der Waals surface area contributed by atoms with Gasteiger partial charge in [-0.1, -0.05) is 19.1 Å². The number of carboxylic acids is 1. The number of nitrogens with zero attached hydrogens (tertiary/aromatic N) is 3. The minimum Gasteiger partial charge on any atom is -0.476 e. The molecule has 9 nitrogen and oxygen atoms in total. The third-order valence-corrected chi connectivity index (χ3v) is 2.41. The Morgan fingerprint density at radius 1 is 1.35 bits per heavy atom. The van der Waals surface area contributed by atoms with Gasteiger partial charge in [0, 0.05) is 6.54 Å². The molecule has 1 aromatic rings. The minimum atomic E-state index is -1.20. The van der Waals surface area contributed by atoms with E-state index < -0.39 is 17.9 Å². The predicted octanol–water partition coefficient (Wildman–Crippen LogP) is -0.0546. The fourth-order valence-electron chi connectivity index (χ4n) is 1.67. The Bertz CT molecular complexity index is 523. The van der Waals surface area contributed by atoms with E-state index in [9.17, 15) is 14.4 Å². The third kappa shape index (κ3) is 3.77. The monoisotopic (exact) mass is 283 g/mol. The lowest BCUT2D eigenvalue weighted by Crippen LogP contribution is -2.41. The van der Waals surface area contributed by atoms with E-state index in [4.69, 9.17) is 5.11 Å². The number of nitrogens with one attached hydrogen (secondary N) is 2. The molecule has 1 aromatic heterocycles. The zero-order valence-corrected chi connectivity index (χ0v) is 11.5. The van der Waals surface area contributed by atoms with Gasteiger partial charge in [0.05, 0.1) is 5.69 Å². The number of amides is 3. The fraction of sp³-hybridized carbons (Fsp3) is 0.545. The van der Waals surface area contributed by atoms with Gasteiger partial charge in [0.2, 0.25) is 5.91 Å². The Morgan fingerprint density at radius 3 is 2.50 bits per heavy atom. The Kier molecular flexibility index (Phi) is 5.18. The summed E-state index contributed by atoms with van der Waals surface area (Å²) in [7, 11) is 0. The van der Waals surface area contributed by atoms with Gasteiger partial charge in [-0.25, -0.2) is 14.3 Å². The van der Waals surface area contributed by atoms with Crippen molar-refractivity contribution in [1.82, 2.24) is 25.6 Å². The Balaban J connectivity index is 2.85. The van der Waals surface area contributed by atoms with Gasteiger partial charge in [-0.05, 0) is 12.8 Å². The summed E-state index contributed by atoms with van der Waals surface area (Å²) < 4.78 is 1.18. The number of urea groups is 1. The SMILES string of the molecule is CCNC(=O)NC(=O)Cn1nnc(C(=O)O)c1C(C)C. The molecular weight excluding hydrogens is 266 g/mol. The number of hydrogen-bond acceptors (Lipinski definition) is 5. The van der Waals surface area contributed by atoms with Crippen molar-refractivity contribution < 1.29 is 19.5 Å². The van der Waals surface area contributed by atoms with Crippen molar-refractivity contribution in [2.24, 2.45) is 0 Å². The highest BCUT2D eigenvalue weighted by atomic mass is 16.4. The first-order chi connectivity index (χ1) is 9.36. The molecule has 0 aliphatic heterocycles. The first-order valence-electron chi connectivity index (χ1n) is 6.11. The van der Waals surface area contributed by atoms with Crippen LogP contribution in [0.4, 0.5) is 4.79 Å². The van der Waals surface area contributed by atoms with E-state index in [1.54, 1.807) is 20.8 Å². The van der Waals surface area contributed by atoms with Gasteiger partial charge in [-0.15, -0.1) is 5.10 Å². The second-order valence-electron chi connectivity index (χ2n) is 4.35. The number of rotatable bonds is 5. The lowest BCUT2D eigenvalue weighted by atomic mass is 10.1. The molecule has 20 heavy (non-hydrogen) atoms. The normalized spacial score (nSPS) is 10.4. The van der Waals surface area contributed by atoms with Crippen molar-refractivity contribution in [2.75, 3.05) is 6.54 Å². The van der Waals surface area contributed by atoms with Crippen LogP contribution in [0.1, 0.15) is 42.9 Å². The molecule has 0 aliphatic rings. The van der Waals surface area contributed by atoms with Gasteiger partial charge in [0.1, 0.15) is 6.54 Å². The van der Waals surface area contributed by atoms with Crippen LogP contribution in [0.25, 0.3) is 0 Å². The van der Waals surface area contributed by atoms with Gasteiger partial charge >= 0.3 is 12.0 Å². The summed E-state index contributed by atoms with van der Waals surface area (Å²) in [5.41, 5.74) is 0.148. The molecule has 0 fully saturated rings. The van der Waals surface area contributed by atoms with Crippen molar-refractivity contribution in [3.63, 3.8) is 0 Å². The van der Waals surface area contributed by atoms with E-state index in [1.807, 2.05) is 0 Å². The zero-order chi connectivity index (χ0) is 15.3. The number of aromatic carboxylic acids is 1. The Morgan fingerprint density at radius 2 is 2.00 bits per heavy atom. The van der Waals surface area contributed by atoms with Crippen LogP contribution < -0.4 is 10.6 Å². The fourth-order valence-corrected chi connectivity index (χ4v) is 1.67. The minimum absolute atomic E-state index is 0.173. The van der Waals surface area contributed by atoms with Gasteiger partial charge in [-0.3, -0.25) is 10.1 Å². The summed E-state index contributed by atoms with van der Waals surface area (Å²) in [6, 6.07) is -0.609. The maximum absolute atomic E-state index is 11.6. The quantitative estimate of drug-likeness (QED) is 0.695. The van der Waals surface area contributed by atoms with Gasteiger partial charge < -0.3 is 10.4 Å². The molecule has 0 aromatic carbocycles. The van der Waals surface area contributed by atoms with Gasteiger partial charge in [0.15, 0.2) is 5.69 Å². The molecule has 0 aliphatic carbocycles. The highest BCUT2D eigenvalue weighted by Crippen LogP contribution is 2.17. The van der Waals surface area contributed by atoms with Crippen molar-refractivity contribution in [1.29, 1.82) is 0 Å². The number of aromatic nitrogens is 3. The molecule has 1 rings (SSSR count). The van der Waals surface area contributed by atoms with Crippen LogP contribution in [0.15, 0.2) is 0 Å². The van der Waals surface area contributed by atoms with Crippen LogP contribution in [-0.2, 0) is 11.3 Å². The standard InChI is InChI=1S/C11H17N5O4/c1-4-12-11(20)13-7(17)5-16-9(6(2)3)8(10(18)19)14-15-16/h6H,4-5H2,1-3H3,(H,18,19)(H2,12,13,17,20). The molecule has 1 heterocycles. The van der Waals surface area contributed by atoms with Gasteiger partial charge in [-0.2, -0.15) is 0 Å². The summed E-state index contributed by atoms with van der Waals surface area (Å²) in [6.07, 6.45) is 0. The van der Waals surface area contributed by atoms with E-state index in [2.05, 4.69) is 20.9 Å². The van der Waals surface area contributed by atoms with Crippen LogP contribution in [0.2, 0.25) is 0 Å². The van der Waals surface area contributed by atoms with E-state index in [0.717, 1.165) is 0 Å². The maximum atomic E-state index is 11.6. The maximum Gasteiger partial charge on any atom is 0.358 e. The molecule has 3 N–H and O–H groups in total. The number of carbonyl (C=O) groups excluding carboxylic acids is 2. The summed E-state index contributed by atoms with van der Waals surface area (Å²) >= 11 is 0. The smallest absolute Gasteiger partial charge is 0.358 e. The average Bonchev–Trinajstić information content (AvgIpc) is 2.72. The van der Waals surface area contributed by atoms with Crippen LogP contribution in [0, 0.1) is 0 Å². The van der Waals surface area contributed by atoms with E-state index in [1.165, 1.54) is 4.68 Å². The number of carboxylic acid groups (broad SMARTS) is 1. The zero-order valence-electron chi connectivity index (χ0n) is 11.5. The van der Waals surface area contributed by atoms with Crippen molar-refractivity contribution in [2.45, 2.75) is 33.2 Å². The summed E-state index contributed by atoms with van der Waals surface area (Å²) in [4.78, 5) is 33.8. The van der Waals surface area contributed by atoms with Crippen molar-refractivity contribution in [3.05, 3.63) is 11.4 Å². The highest BCUT2D eigenvalue weighted by Gasteiger charge is 2.22. The first-order valence-corrected chi connectivity index (χ1v) is 6.11. The topological polar surface area (TPSA) is 126 Å². The van der Waals surface area contributed by atoms with Crippen LogP contribution >= 0.6 is 0 Å². The van der Waals surface area contributed by atoms with Crippen molar-refractivity contribution in [3.8, 4) is 0 Å². The third-order valence-electron chi connectivity index (χ3n) is 2.41. The molecule has 110 valence electrons. The molecule has 0 saturated carbocycles. The Hall–Kier alpha value is -2.45. The summed E-state index contributed by atoms with van der Waals surface area (Å²) in [6.45, 7) is 5.37. The van der Waals surface area contributed by atoms with Crippen LogP contribution in [0.5, 0.6) is 0 Å². The predicted molar refractivity (Wildman–Crippen MR) is 68.3 cm³/mol. The number of imide groups is 1. The van der Waals surface area contributed by atoms with E-state index in [-0.39, 0.29) is 18.2 Å². The second-order valence-corrected chi connectivity index (χ2v) is 4.35. The lowest BCUT2D eigenvalue weighted by Gasteiger charge is -2.09. The molecule has 3 amide bonds.